The highest BCUT2D eigenvalue weighted by Gasteiger charge is 2.28. The summed E-state index contributed by atoms with van der Waals surface area (Å²) in [5.74, 6) is 0.334. The average molecular weight is 875 g/mol. The molecule has 0 spiro atoms. The molecule has 1 aromatic heterocycles. The van der Waals surface area contributed by atoms with E-state index in [1.807, 2.05) is 11.3 Å². The van der Waals surface area contributed by atoms with Gasteiger partial charge in [0.05, 0.1) is 0 Å². The van der Waals surface area contributed by atoms with Gasteiger partial charge in [-0.25, -0.2) is 0 Å². The number of aryl methyl sites for hydroxylation is 4. The van der Waals surface area contributed by atoms with Crippen LogP contribution in [-0.2, 0) is 25.7 Å². The summed E-state index contributed by atoms with van der Waals surface area (Å²) in [6, 6.07) is 67.0. The Bertz CT molecular complexity index is 3730. The normalized spacial score (nSPS) is 16.2. The second-order valence-corrected chi connectivity index (χ2v) is 19.7. The number of nitrogens with zero attached hydrogens (tertiary/aromatic N) is 2. The molecule has 0 fully saturated rings. The molecule has 0 amide bonds. The Morgan fingerprint density at radius 1 is 0.403 bits per heavy atom. The molecule has 0 radical (unpaired) electrons. The minimum absolute atomic E-state index is 0.334. The molecule has 2 aliphatic heterocycles. The number of thiophene rings is 1. The quantitative estimate of drug-likeness (QED) is 0.163. The van der Waals surface area contributed by atoms with E-state index in [0.717, 1.165) is 32.1 Å². The van der Waals surface area contributed by atoms with Crippen molar-refractivity contribution in [2.75, 3.05) is 9.80 Å². The molecule has 10 aromatic rings. The van der Waals surface area contributed by atoms with Crippen LogP contribution in [-0.4, -0.2) is 0 Å². The first-order valence-corrected chi connectivity index (χ1v) is 24.7. The van der Waals surface area contributed by atoms with Gasteiger partial charge in [-0.05, 0) is 170 Å². The molecule has 3 heteroatoms. The van der Waals surface area contributed by atoms with Crippen molar-refractivity contribution in [1.29, 1.82) is 0 Å². The van der Waals surface area contributed by atoms with E-state index in [9.17, 15) is 0 Å². The highest BCUT2D eigenvalue weighted by molar-refractivity contribution is 7.25. The SMILES string of the molecule is C1=CC2=CC=C(c3c4cc(N5c6ccccc6CCc6ccccc65)ccc4c(-c4ccc5sc6ccccc6c5c4)c4cc(N5c6ccccc6CCc6ccccc65)ccc34)CC2C=C1. The summed E-state index contributed by atoms with van der Waals surface area (Å²) >= 11 is 1.89. The van der Waals surface area contributed by atoms with Crippen LogP contribution in [0.15, 0.2) is 218 Å². The van der Waals surface area contributed by atoms with Crippen LogP contribution in [0, 0.1) is 5.92 Å². The molecular weight excluding hydrogens is 829 g/mol. The lowest BCUT2D eigenvalue weighted by Crippen LogP contribution is -2.12. The first-order chi connectivity index (χ1) is 33.2. The monoisotopic (exact) mass is 874 g/mol. The first kappa shape index (κ1) is 38.5. The molecule has 9 aromatic carbocycles. The number of benzene rings is 9. The Balaban J connectivity index is 1.10. The third kappa shape index (κ3) is 6.22. The van der Waals surface area contributed by atoms with Crippen molar-refractivity contribution in [3.8, 4) is 11.1 Å². The van der Waals surface area contributed by atoms with Crippen molar-refractivity contribution in [2.45, 2.75) is 32.1 Å². The molecule has 0 N–H and O–H groups in total. The van der Waals surface area contributed by atoms with Gasteiger partial charge in [-0.15, -0.1) is 11.3 Å². The predicted octanol–water partition coefficient (Wildman–Crippen LogP) is 17.6. The van der Waals surface area contributed by atoms with E-state index in [0.29, 0.717) is 5.92 Å². The zero-order valence-corrected chi connectivity index (χ0v) is 37.9. The molecule has 4 aliphatic rings. The van der Waals surface area contributed by atoms with Crippen molar-refractivity contribution in [2.24, 2.45) is 5.92 Å². The summed E-state index contributed by atoms with van der Waals surface area (Å²) in [5, 5.41) is 7.74. The van der Waals surface area contributed by atoms with E-state index in [4.69, 9.17) is 0 Å². The fourth-order valence-corrected chi connectivity index (χ4v) is 12.9. The fourth-order valence-electron chi connectivity index (χ4n) is 11.8. The molecule has 318 valence electrons. The number of hydrogen-bond donors (Lipinski definition) is 0. The number of rotatable bonds is 4. The van der Waals surface area contributed by atoms with Crippen LogP contribution in [0.4, 0.5) is 34.1 Å². The fraction of sp³-hybridized carbons (Fsp3) is 0.0938. The van der Waals surface area contributed by atoms with E-state index in [-0.39, 0.29) is 0 Å². The van der Waals surface area contributed by atoms with Crippen LogP contribution in [0.25, 0.3) is 58.4 Å². The Kier molecular flexibility index (Phi) is 8.88. The van der Waals surface area contributed by atoms with Crippen LogP contribution in [0.5, 0.6) is 0 Å². The summed E-state index contributed by atoms with van der Waals surface area (Å²) in [6.45, 7) is 0. The highest BCUT2D eigenvalue weighted by atomic mass is 32.1. The minimum Gasteiger partial charge on any atom is -0.310 e. The molecule has 3 heterocycles. The average Bonchev–Trinajstić information content (AvgIpc) is 3.55. The lowest BCUT2D eigenvalue weighted by atomic mass is 9.78. The Labute approximate surface area is 395 Å². The third-order valence-corrected chi connectivity index (χ3v) is 16.1. The maximum atomic E-state index is 2.54. The van der Waals surface area contributed by atoms with Crippen LogP contribution < -0.4 is 9.80 Å². The summed E-state index contributed by atoms with van der Waals surface area (Å²) in [7, 11) is 0. The smallest absolute Gasteiger partial charge is 0.0493 e. The summed E-state index contributed by atoms with van der Waals surface area (Å²) < 4.78 is 2.64. The molecule has 0 saturated heterocycles. The molecule has 1 atom stereocenters. The standard InChI is InChI=1S/C64H46N2S/c1-2-18-46-37-47(30-25-41(46)13-1)63-52-34-32-50(66-59-22-10-5-16-44(59)28-29-45-17-6-11-23-60(45)66)40-56(52)64(48-31-36-62-54(38-48)51-19-7-12-24-61(51)67-62)53-35-33-49(39-55(53)63)65-57-20-8-3-14-42(57)26-27-43-15-4-9-21-58(43)65/h1-25,30-36,38-40,46H,26-29,37H2. The topological polar surface area (TPSA) is 6.48 Å². The van der Waals surface area contributed by atoms with Gasteiger partial charge in [-0.3, -0.25) is 0 Å². The summed E-state index contributed by atoms with van der Waals surface area (Å²) in [6.07, 6.45) is 18.9. The second kappa shape index (κ2) is 15.4. The Hall–Kier alpha value is -7.72. The van der Waals surface area contributed by atoms with Crippen molar-refractivity contribution in [3.63, 3.8) is 0 Å². The van der Waals surface area contributed by atoms with Gasteiger partial charge in [0.1, 0.15) is 0 Å². The molecular formula is C64H46N2S. The van der Waals surface area contributed by atoms with Gasteiger partial charge in [0.15, 0.2) is 0 Å². The van der Waals surface area contributed by atoms with Gasteiger partial charge in [0, 0.05) is 60.2 Å². The summed E-state index contributed by atoms with van der Waals surface area (Å²) in [5.41, 5.74) is 19.5. The number of fused-ring (bicyclic) bond motifs is 10. The van der Waals surface area contributed by atoms with Crippen molar-refractivity contribution in [1.82, 2.24) is 0 Å². The number of allylic oxidation sites excluding steroid dienone is 8. The van der Waals surface area contributed by atoms with Gasteiger partial charge in [0.2, 0.25) is 0 Å². The van der Waals surface area contributed by atoms with Gasteiger partial charge >= 0.3 is 0 Å². The number of para-hydroxylation sites is 4. The largest absolute Gasteiger partial charge is 0.310 e. The first-order valence-electron chi connectivity index (χ1n) is 23.8. The molecule has 2 aliphatic carbocycles. The van der Waals surface area contributed by atoms with E-state index in [1.165, 1.54) is 126 Å². The van der Waals surface area contributed by atoms with Crippen LogP contribution in [0.2, 0.25) is 0 Å². The molecule has 67 heavy (non-hydrogen) atoms. The van der Waals surface area contributed by atoms with E-state index in [2.05, 4.69) is 222 Å². The van der Waals surface area contributed by atoms with E-state index < -0.39 is 0 Å². The number of anilines is 6. The van der Waals surface area contributed by atoms with Crippen LogP contribution >= 0.6 is 11.3 Å². The molecule has 14 rings (SSSR count). The number of hydrogen-bond acceptors (Lipinski definition) is 3. The molecule has 0 saturated carbocycles. The third-order valence-electron chi connectivity index (χ3n) is 14.9. The van der Waals surface area contributed by atoms with Crippen LogP contribution in [0.1, 0.15) is 34.2 Å². The zero-order valence-electron chi connectivity index (χ0n) is 37.1. The predicted molar refractivity (Wildman–Crippen MR) is 286 cm³/mol. The maximum Gasteiger partial charge on any atom is 0.0493 e. The van der Waals surface area contributed by atoms with Gasteiger partial charge in [0.25, 0.3) is 0 Å². The van der Waals surface area contributed by atoms with E-state index >= 15 is 0 Å². The van der Waals surface area contributed by atoms with Crippen molar-refractivity contribution >= 4 is 92.8 Å². The molecule has 1 unspecified atom stereocenters. The van der Waals surface area contributed by atoms with Crippen LogP contribution in [0.3, 0.4) is 0 Å². The summed E-state index contributed by atoms with van der Waals surface area (Å²) in [4.78, 5) is 5.07. The lowest BCUT2D eigenvalue weighted by molar-refractivity contribution is 0.794. The lowest BCUT2D eigenvalue weighted by Gasteiger charge is -2.30. The van der Waals surface area contributed by atoms with Gasteiger partial charge in [-0.1, -0.05) is 146 Å². The Morgan fingerprint density at radius 2 is 0.925 bits per heavy atom. The zero-order chi connectivity index (χ0) is 44.0. The highest BCUT2D eigenvalue weighted by Crippen LogP contribution is 2.51. The van der Waals surface area contributed by atoms with Gasteiger partial charge in [-0.2, -0.15) is 0 Å². The van der Waals surface area contributed by atoms with Gasteiger partial charge < -0.3 is 9.80 Å². The molecule has 2 nitrogen and oxygen atoms in total. The minimum atomic E-state index is 0.334. The van der Waals surface area contributed by atoms with Crippen molar-refractivity contribution < 1.29 is 0 Å². The Morgan fingerprint density at radius 3 is 1.54 bits per heavy atom. The van der Waals surface area contributed by atoms with E-state index in [1.54, 1.807) is 0 Å². The molecule has 0 bridgehead atoms. The van der Waals surface area contributed by atoms with Crippen molar-refractivity contribution in [3.05, 3.63) is 246 Å². The second-order valence-electron chi connectivity index (χ2n) is 18.6. The maximum absolute atomic E-state index is 2.54.